The molecule has 1 aliphatic rings. The molecule has 0 saturated carbocycles. The van der Waals surface area contributed by atoms with Crippen molar-refractivity contribution in [2.24, 2.45) is 5.92 Å². The molecule has 5 nitrogen and oxygen atoms in total. The molecule has 1 fully saturated rings. The van der Waals surface area contributed by atoms with Crippen LogP contribution in [0.1, 0.15) is 30.1 Å². The molecule has 19 heavy (non-hydrogen) atoms. The van der Waals surface area contributed by atoms with Gasteiger partial charge in [0.05, 0.1) is 11.8 Å². The molecule has 0 aliphatic carbocycles. The van der Waals surface area contributed by atoms with Gasteiger partial charge >= 0.3 is 0 Å². The lowest BCUT2D eigenvalue weighted by Gasteiger charge is -2.20. The number of hydrogen-bond acceptors (Lipinski definition) is 4. The van der Waals surface area contributed by atoms with Crippen molar-refractivity contribution in [1.29, 1.82) is 0 Å². The van der Waals surface area contributed by atoms with E-state index >= 15 is 0 Å². The second-order valence-electron chi connectivity index (χ2n) is 5.22. The molecule has 0 aromatic carbocycles. The van der Waals surface area contributed by atoms with Gasteiger partial charge in [0, 0.05) is 19.3 Å². The van der Waals surface area contributed by atoms with Crippen LogP contribution in [0.3, 0.4) is 0 Å². The standard InChI is InChI=1S/C14H21N3O2/c1-11(10-17-6-2-3-7-17)8-16-14(19)12-4-5-15-9-13(12)18/h4-5,9,11,18H,2-3,6-8,10H2,1H3,(H,16,19). The normalized spacial score (nSPS) is 17.3. The Balaban J connectivity index is 1.78. The van der Waals surface area contributed by atoms with Crippen molar-refractivity contribution in [3.8, 4) is 5.75 Å². The average Bonchev–Trinajstić information content (AvgIpc) is 2.89. The molecule has 1 unspecified atom stereocenters. The molecule has 1 aromatic heterocycles. The maximum atomic E-state index is 11.9. The van der Waals surface area contributed by atoms with Crippen LogP contribution in [0.25, 0.3) is 0 Å². The van der Waals surface area contributed by atoms with Gasteiger partial charge in [0.1, 0.15) is 5.75 Å². The van der Waals surface area contributed by atoms with Gasteiger partial charge in [-0.1, -0.05) is 6.92 Å². The third kappa shape index (κ3) is 3.92. The van der Waals surface area contributed by atoms with E-state index in [0.29, 0.717) is 12.5 Å². The molecule has 5 heteroatoms. The van der Waals surface area contributed by atoms with Gasteiger partial charge in [-0.15, -0.1) is 0 Å². The van der Waals surface area contributed by atoms with Gasteiger partial charge in [-0.05, 0) is 37.9 Å². The van der Waals surface area contributed by atoms with Crippen LogP contribution in [0, 0.1) is 5.92 Å². The molecular formula is C14H21N3O2. The van der Waals surface area contributed by atoms with Crippen LogP contribution in [-0.2, 0) is 0 Å². The quantitative estimate of drug-likeness (QED) is 0.839. The van der Waals surface area contributed by atoms with Crippen molar-refractivity contribution in [3.05, 3.63) is 24.0 Å². The average molecular weight is 263 g/mol. The number of likely N-dealkylation sites (tertiary alicyclic amines) is 1. The highest BCUT2D eigenvalue weighted by atomic mass is 16.3. The molecule has 2 heterocycles. The first-order valence-electron chi connectivity index (χ1n) is 6.80. The molecule has 2 N–H and O–H groups in total. The van der Waals surface area contributed by atoms with E-state index in [-0.39, 0.29) is 17.2 Å². The van der Waals surface area contributed by atoms with Crippen LogP contribution >= 0.6 is 0 Å². The third-order valence-corrected chi connectivity index (χ3v) is 3.42. The lowest BCUT2D eigenvalue weighted by Crippen LogP contribution is -2.34. The number of hydrogen-bond donors (Lipinski definition) is 2. The van der Waals surface area contributed by atoms with Gasteiger partial charge in [-0.2, -0.15) is 0 Å². The number of nitrogens with zero attached hydrogens (tertiary/aromatic N) is 2. The fourth-order valence-corrected chi connectivity index (χ4v) is 2.41. The number of carbonyl (C=O) groups excluding carboxylic acids is 1. The Hall–Kier alpha value is -1.62. The summed E-state index contributed by atoms with van der Waals surface area (Å²) in [6.45, 7) is 6.11. The molecule has 1 saturated heterocycles. The fraction of sp³-hybridized carbons (Fsp3) is 0.571. The maximum Gasteiger partial charge on any atom is 0.255 e. The Morgan fingerprint density at radius 2 is 2.26 bits per heavy atom. The number of amides is 1. The van der Waals surface area contributed by atoms with Crippen molar-refractivity contribution < 1.29 is 9.90 Å². The largest absolute Gasteiger partial charge is 0.505 e. The highest BCUT2D eigenvalue weighted by Gasteiger charge is 2.16. The first kappa shape index (κ1) is 13.8. The number of rotatable bonds is 5. The minimum atomic E-state index is -0.242. The maximum absolute atomic E-state index is 11.9. The lowest BCUT2D eigenvalue weighted by molar-refractivity contribution is 0.0942. The Morgan fingerprint density at radius 3 is 2.95 bits per heavy atom. The van der Waals surface area contributed by atoms with E-state index in [9.17, 15) is 9.90 Å². The predicted molar refractivity (Wildman–Crippen MR) is 73.1 cm³/mol. The minimum absolute atomic E-state index is 0.0767. The van der Waals surface area contributed by atoms with Crippen molar-refractivity contribution >= 4 is 5.91 Å². The van der Waals surface area contributed by atoms with Crippen LogP contribution in [0.15, 0.2) is 18.5 Å². The van der Waals surface area contributed by atoms with Gasteiger partial charge < -0.3 is 15.3 Å². The zero-order valence-electron chi connectivity index (χ0n) is 11.3. The summed E-state index contributed by atoms with van der Waals surface area (Å²) < 4.78 is 0. The summed E-state index contributed by atoms with van der Waals surface area (Å²) in [5, 5.41) is 12.4. The van der Waals surface area contributed by atoms with E-state index in [1.807, 2.05) is 0 Å². The van der Waals surface area contributed by atoms with Crippen molar-refractivity contribution in [2.75, 3.05) is 26.2 Å². The van der Waals surface area contributed by atoms with Crippen LogP contribution in [0.5, 0.6) is 5.75 Å². The van der Waals surface area contributed by atoms with Crippen molar-refractivity contribution in [1.82, 2.24) is 15.2 Å². The molecular weight excluding hydrogens is 242 g/mol. The Kier molecular flexibility index (Phi) is 4.74. The molecule has 104 valence electrons. The van der Waals surface area contributed by atoms with Gasteiger partial charge in [0.2, 0.25) is 0 Å². The van der Waals surface area contributed by atoms with E-state index in [0.717, 1.165) is 6.54 Å². The second kappa shape index (κ2) is 6.52. The number of pyridine rings is 1. The zero-order chi connectivity index (χ0) is 13.7. The number of aromatic nitrogens is 1. The molecule has 1 atom stereocenters. The topological polar surface area (TPSA) is 65.5 Å². The van der Waals surface area contributed by atoms with E-state index in [4.69, 9.17) is 0 Å². The van der Waals surface area contributed by atoms with Crippen LogP contribution in [-0.4, -0.2) is 47.1 Å². The van der Waals surface area contributed by atoms with Crippen LogP contribution in [0.2, 0.25) is 0 Å². The van der Waals surface area contributed by atoms with Gasteiger partial charge in [0.15, 0.2) is 0 Å². The van der Waals surface area contributed by atoms with Crippen molar-refractivity contribution in [3.63, 3.8) is 0 Å². The number of nitrogens with one attached hydrogen (secondary N) is 1. The number of carbonyl (C=O) groups is 1. The van der Waals surface area contributed by atoms with E-state index in [1.54, 1.807) is 0 Å². The molecule has 2 rings (SSSR count). The highest BCUT2D eigenvalue weighted by molar-refractivity contribution is 5.96. The molecule has 1 aliphatic heterocycles. The molecule has 0 spiro atoms. The predicted octanol–water partition coefficient (Wildman–Crippen LogP) is 1.25. The summed E-state index contributed by atoms with van der Waals surface area (Å²) in [5.41, 5.74) is 0.281. The summed E-state index contributed by atoms with van der Waals surface area (Å²) in [7, 11) is 0. The van der Waals surface area contributed by atoms with Gasteiger partial charge in [-0.3, -0.25) is 9.78 Å². The number of aromatic hydroxyl groups is 1. The van der Waals surface area contributed by atoms with Gasteiger partial charge in [-0.25, -0.2) is 0 Å². The van der Waals surface area contributed by atoms with Crippen LogP contribution in [0.4, 0.5) is 0 Å². The molecule has 1 amide bonds. The fourth-order valence-electron chi connectivity index (χ4n) is 2.41. The SMILES string of the molecule is CC(CNC(=O)c1ccncc1O)CN1CCCC1. The van der Waals surface area contributed by atoms with Crippen LogP contribution < -0.4 is 5.32 Å². The Labute approximate surface area is 113 Å². The Bertz CT molecular complexity index is 430. The summed E-state index contributed by atoms with van der Waals surface area (Å²) in [6.07, 6.45) is 5.35. The molecule has 0 bridgehead atoms. The summed E-state index contributed by atoms with van der Waals surface area (Å²) >= 11 is 0. The van der Waals surface area contributed by atoms with Gasteiger partial charge in [0.25, 0.3) is 5.91 Å². The van der Waals surface area contributed by atoms with E-state index in [1.165, 1.54) is 44.4 Å². The minimum Gasteiger partial charge on any atom is -0.505 e. The first-order valence-corrected chi connectivity index (χ1v) is 6.80. The first-order chi connectivity index (χ1) is 9.16. The zero-order valence-corrected chi connectivity index (χ0v) is 11.3. The molecule has 0 radical (unpaired) electrons. The van der Waals surface area contributed by atoms with Crippen molar-refractivity contribution in [2.45, 2.75) is 19.8 Å². The van der Waals surface area contributed by atoms with E-state index in [2.05, 4.69) is 22.1 Å². The smallest absolute Gasteiger partial charge is 0.255 e. The third-order valence-electron chi connectivity index (χ3n) is 3.42. The molecule has 1 aromatic rings. The summed E-state index contributed by atoms with van der Waals surface area (Å²) in [4.78, 5) is 18.1. The highest BCUT2D eigenvalue weighted by Crippen LogP contribution is 2.14. The lowest BCUT2D eigenvalue weighted by atomic mass is 10.1. The second-order valence-corrected chi connectivity index (χ2v) is 5.22. The Morgan fingerprint density at radius 1 is 1.53 bits per heavy atom. The summed E-state index contributed by atoms with van der Waals surface area (Å²) in [5.74, 6) is 0.0893. The van der Waals surface area contributed by atoms with E-state index < -0.39 is 0 Å². The summed E-state index contributed by atoms with van der Waals surface area (Å²) in [6, 6.07) is 1.52. The monoisotopic (exact) mass is 263 g/mol.